The van der Waals surface area contributed by atoms with Gasteiger partial charge in [-0.15, -0.1) is 0 Å². The van der Waals surface area contributed by atoms with Crippen molar-refractivity contribution in [2.45, 2.75) is 44.9 Å². The number of aryl methyl sites for hydroxylation is 1. The molecule has 0 N–H and O–H groups in total. The molecule has 1 saturated heterocycles. The molecular weight excluding hydrogens is 270 g/mol. The Bertz CT molecular complexity index is 526. The van der Waals surface area contributed by atoms with Crippen LogP contribution >= 0.6 is 0 Å². The number of benzene rings is 1. The first-order valence-electron chi connectivity index (χ1n) is 7.52. The molecule has 1 aliphatic rings. The second-order valence-electron chi connectivity index (χ2n) is 6.16. The van der Waals surface area contributed by atoms with Crippen molar-refractivity contribution in [3.63, 3.8) is 0 Å². The monoisotopic (exact) mass is 295 g/mol. The van der Waals surface area contributed by atoms with Crippen molar-refractivity contribution in [3.8, 4) is 0 Å². The summed E-state index contributed by atoms with van der Waals surface area (Å²) in [6.07, 6.45) is 3.19. The first kappa shape index (κ1) is 15.5. The molecule has 0 radical (unpaired) electrons. The van der Waals surface area contributed by atoms with Gasteiger partial charge in [-0.2, -0.15) is 4.31 Å². The SMILES string of the molecule is CCCc1ccc(S(=O)(=O)N2C[C@@H](C)C[C@H](C)C2)cc1. The maximum absolute atomic E-state index is 12.7. The zero-order chi connectivity index (χ0) is 14.8. The molecule has 0 aromatic heterocycles. The smallest absolute Gasteiger partial charge is 0.207 e. The summed E-state index contributed by atoms with van der Waals surface area (Å²) in [7, 11) is -3.33. The van der Waals surface area contributed by atoms with Crippen LogP contribution in [0.25, 0.3) is 0 Å². The minimum atomic E-state index is -3.33. The van der Waals surface area contributed by atoms with Gasteiger partial charge in [0.25, 0.3) is 0 Å². The molecule has 0 saturated carbocycles. The van der Waals surface area contributed by atoms with Gasteiger partial charge in [0, 0.05) is 13.1 Å². The average molecular weight is 295 g/mol. The molecule has 20 heavy (non-hydrogen) atoms. The molecule has 1 aromatic rings. The summed E-state index contributed by atoms with van der Waals surface area (Å²) in [5.74, 6) is 0.876. The summed E-state index contributed by atoms with van der Waals surface area (Å²) in [5.41, 5.74) is 1.20. The molecule has 3 nitrogen and oxygen atoms in total. The summed E-state index contributed by atoms with van der Waals surface area (Å²) in [6.45, 7) is 7.67. The highest BCUT2D eigenvalue weighted by Crippen LogP contribution is 2.26. The predicted octanol–water partition coefficient (Wildman–Crippen LogP) is 3.31. The van der Waals surface area contributed by atoms with E-state index in [2.05, 4.69) is 20.8 Å². The maximum atomic E-state index is 12.7. The Balaban J connectivity index is 2.21. The molecule has 2 rings (SSSR count). The number of hydrogen-bond donors (Lipinski definition) is 0. The minimum Gasteiger partial charge on any atom is -0.207 e. The normalized spacial score (nSPS) is 24.8. The molecule has 1 aromatic carbocycles. The number of nitrogens with zero attached hydrogens (tertiary/aromatic N) is 1. The summed E-state index contributed by atoms with van der Waals surface area (Å²) >= 11 is 0. The van der Waals surface area contributed by atoms with Crippen molar-refractivity contribution in [2.24, 2.45) is 11.8 Å². The van der Waals surface area contributed by atoms with E-state index in [1.54, 1.807) is 16.4 Å². The summed E-state index contributed by atoms with van der Waals surface area (Å²) in [5, 5.41) is 0. The number of rotatable bonds is 4. The van der Waals surface area contributed by atoms with E-state index in [0.717, 1.165) is 19.3 Å². The fourth-order valence-electron chi connectivity index (χ4n) is 3.07. The fraction of sp³-hybridized carbons (Fsp3) is 0.625. The molecule has 1 fully saturated rings. The lowest BCUT2D eigenvalue weighted by molar-refractivity contribution is 0.222. The highest BCUT2D eigenvalue weighted by Gasteiger charge is 2.31. The molecule has 4 heteroatoms. The third kappa shape index (κ3) is 3.41. The van der Waals surface area contributed by atoms with E-state index < -0.39 is 10.0 Å². The van der Waals surface area contributed by atoms with E-state index in [9.17, 15) is 8.42 Å². The van der Waals surface area contributed by atoms with Crippen molar-refractivity contribution < 1.29 is 8.42 Å². The van der Waals surface area contributed by atoms with Crippen molar-refractivity contribution in [2.75, 3.05) is 13.1 Å². The quantitative estimate of drug-likeness (QED) is 0.854. The average Bonchev–Trinajstić information content (AvgIpc) is 2.38. The zero-order valence-electron chi connectivity index (χ0n) is 12.7. The standard InChI is InChI=1S/C16H25NO2S/c1-4-5-15-6-8-16(9-7-15)20(18,19)17-11-13(2)10-14(3)12-17/h6-9,13-14H,4-5,10-12H2,1-3H3/t13-,14-/m0/s1. The van der Waals surface area contributed by atoms with E-state index in [-0.39, 0.29) is 0 Å². The zero-order valence-corrected chi connectivity index (χ0v) is 13.5. The summed E-state index contributed by atoms with van der Waals surface area (Å²) in [6, 6.07) is 7.38. The van der Waals surface area contributed by atoms with Crippen LogP contribution in [0.1, 0.15) is 39.2 Å². The van der Waals surface area contributed by atoms with Crippen LogP contribution in [0, 0.1) is 11.8 Å². The van der Waals surface area contributed by atoms with Crippen LogP contribution in [-0.2, 0) is 16.4 Å². The van der Waals surface area contributed by atoms with Gasteiger partial charge in [0.15, 0.2) is 0 Å². The van der Waals surface area contributed by atoms with Crippen LogP contribution in [0.2, 0.25) is 0 Å². The second-order valence-corrected chi connectivity index (χ2v) is 8.10. The number of piperidine rings is 1. The van der Waals surface area contributed by atoms with Gasteiger partial charge in [-0.1, -0.05) is 39.3 Å². The van der Waals surface area contributed by atoms with Gasteiger partial charge in [-0.3, -0.25) is 0 Å². The highest BCUT2D eigenvalue weighted by molar-refractivity contribution is 7.89. The number of hydrogen-bond acceptors (Lipinski definition) is 2. The van der Waals surface area contributed by atoms with Crippen LogP contribution < -0.4 is 0 Å². The molecule has 112 valence electrons. The molecule has 0 unspecified atom stereocenters. The Hall–Kier alpha value is -0.870. The summed E-state index contributed by atoms with van der Waals surface area (Å²) in [4.78, 5) is 0.429. The van der Waals surface area contributed by atoms with Gasteiger partial charge < -0.3 is 0 Å². The van der Waals surface area contributed by atoms with Crippen molar-refractivity contribution in [1.82, 2.24) is 4.31 Å². The molecular formula is C16H25NO2S. The molecule has 2 atom stereocenters. The first-order valence-corrected chi connectivity index (χ1v) is 8.96. The van der Waals surface area contributed by atoms with E-state index in [0.29, 0.717) is 29.8 Å². The van der Waals surface area contributed by atoms with Gasteiger partial charge >= 0.3 is 0 Å². The molecule has 0 amide bonds. The second kappa shape index (κ2) is 6.27. The Kier molecular flexibility index (Phi) is 4.86. The largest absolute Gasteiger partial charge is 0.243 e. The van der Waals surface area contributed by atoms with Crippen LogP contribution in [-0.4, -0.2) is 25.8 Å². The lowest BCUT2D eigenvalue weighted by Gasteiger charge is -2.34. The third-order valence-electron chi connectivity index (χ3n) is 3.94. The van der Waals surface area contributed by atoms with Gasteiger partial charge in [-0.05, 0) is 42.4 Å². The topological polar surface area (TPSA) is 37.4 Å². The number of sulfonamides is 1. The molecule has 1 aliphatic heterocycles. The van der Waals surface area contributed by atoms with Crippen molar-refractivity contribution in [3.05, 3.63) is 29.8 Å². The van der Waals surface area contributed by atoms with E-state index in [1.165, 1.54) is 5.56 Å². The Labute approximate surface area is 123 Å². The highest BCUT2D eigenvalue weighted by atomic mass is 32.2. The van der Waals surface area contributed by atoms with Gasteiger partial charge in [0.05, 0.1) is 4.90 Å². The van der Waals surface area contributed by atoms with Gasteiger partial charge in [0.2, 0.25) is 10.0 Å². The first-order chi connectivity index (χ1) is 9.43. The van der Waals surface area contributed by atoms with Crippen LogP contribution in [0.3, 0.4) is 0 Å². The minimum absolute atomic E-state index is 0.429. The predicted molar refractivity (Wildman–Crippen MR) is 82.1 cm³/mol. The molecule has 0 bridgehead atoms. The van der Waals surface area contributed by atoms with Gasteiger partial charge in [-0.25, -0.2) is 8.42 Å². The Morgan fingerprint density at radius 2 is 1.65 bits per heavy atom. The summed E-state index contributed by atoms with van der Waals surface area (Å²) < 4.78 is 27.0. The molecule has 0 aliphatic carbocycles. The van der Waals surface area contributed by atoms with Crippen LogP contribution in [0.5, 0.6) is 0 Å². The maximum Gasteiger partial charge on any atom is 0.243 e. The molecule has 0 spiro atoms. The lowest BCUT2D eigenvalue weighted by Crippen LogP contribution is -2.42. The van der Waals surface area contributed by atoms with Crippen LogP contribution in [0.4, 0.5) is 0 Å². The van der Waals surface area contributed by atoms with E-state index in [1.807, 2.05) is 12.1 Å². The van der Waals surface area contributed by atoms with Crippen molar-refractivity contribution >= 4 is 10.0 Å². The van der Waals surface area contributed by atoms with Crippen LogP contribution in [0.15, 0.2) is 29.2 Å². The third-order valence-corrected chi connectivity index (χ3v) is 5.78. The lowest BCUT2D eigenvalue weighted by atomic mass is 9.94. The van der Waals surface area contributed by atoms with Gasteiger partial charge in [0.1, 0.15) is 0 Å². The fourth-order valence-corrected chi connectivity index (χ4v) is 4.75. The van der Waals surface area contributed by atoms with E-state index >= 15 is 0 Å². The van der Waals surface area contributed by atoms with E-state index in [4.69, 9.17) is 0 Å². The van der Waals surface area contributed by atoms with Crippen molar-refractivity contribution in [1.29, 1.82) is 0 Å². The Morgan fingerprint density at radius 1 is 1.10 bits per heavy atom. The molecule has 1 heterocycles. The Morgan fingerprint density at radius 3 is 2.15 bits per heavy atom.